The van der Waals surface area contributed by atoms with Crippen molar-refractivity contribution in [3.05, 3.63) is 29.8 Å². The molecule has 0 aliphatic heterocycles. The lowest BCUT2D eigenvalue weighted by molar-refractivity contribution is 0.128. The molecule has 1 unspecified atom stereocenters. The lowest BCUT2D eigenvalue weighted by atomic mass is 10.1. The Morgan fingerprint density at radius 2 is 1.85 bits per heavy atom. The molecule has 0 saturated carbocycles. The van der Waals surface area contributed by atoms with Crippen LogP contribution >= 0.6 is 0 Å². The standard InChI is InChI=1S/C17H29NO2/c1-3-4-13-20-14-5-12-18-15(2)6-7-16-8-10-17(19)11-9-16/h8-11,15,18-19H,3-7,12-14H2,1-2H3. The number of phenolic OH excluding ortho intramolecular Hbond substituents is 1. The van der Waals surface area contributed by atoms with E-state index in [1.807, 2.05) is 12.1 Å². The number of unbranched alkanes of at least 4 members (excludes halogenated alkanes) is 1. The van der Waals surface area contributed by atoms with Gasteiger partial charge in [0.15, 0.2) is 0 Å². The van der Waals surface area contributed by atoms with Crippen molar-refractivity contribution in [2.75, 3.05) is 19.8 Å². The van der Waals surface area contributed by atoms with Gasteiger partial charge in [-0.25, -0.2) is 0 Å². The quantitative estimate of drug-likeness (QED) is 0.609. The van der Waals surface area contributed by atoms with Crippen LogP contribution in [0.5, 0.6) is 5.75 Å². The highest BCUT2D eigenvalue weighted by Crippen LogP contribution is 2.11. The molecule has 0 heterocycles. The van der Waals surface area contributed by atoms with Gasteiger partial charge in [0, 0.05) is 19.3 Å². The van der Waals surface area contributed by atoms with Gasteiger partial charge < -0.3 is 15.2 Å². The molecule has 20 heavy (non-hydrogen) atoms. The maximum Gasteiger partial charge on any atom is 0.115 e. The Bertz CT molecular complexity index is 337. The first kappa shape index (κ1) is 17.0. The highest BCUT2D eigenvalue weighted by Gasteiger charge is 2.02. The van der Waals surface area contributed by atoms with E-state index in [4.69, 9.17) is 4.74 Å². The van der Waals surface area contributed by atoms with E-state index in [-0.39, 0.29) is 0 Å². The normalized spacial score (nSPS) is 12.5. The van der Waals surface area contributed by atoms with E-state index in [0.29, 0.717) is 11.8 Å². The summed E-state index contributed by atoms with van der Waals surface area (Å²) in [5.41, 5.74) is 1.28. The molecule has 0 amide bonds. The van der Waals surface area contributed by atoms with E-state index in [9.17, 15) is 5.11 Å². The van der Waals surface area contributed by atoms with Crippen molar-refractivity contribution in [1.82, 2.24) is 5.32 Å². The maximum absolute atomic E-state index is 9.23. The molecule has 0 aromatic heterocycles. The van der Waals surface area contributed by atoms with Crippen molar-refractivity contribution in [2.45, 2.75) is 52.0 Å². The van der Waals surface area contributed by atoms with Gasteiger partial charge in [-0.15, -0.1) is 0 Å². The smallest absolute Gasteiger partial charge is 0.115 e. The first-order valence-corrected chi connectivity index (χ1v) is 7.81. The minimum atomic E-state index is 0.336. The van der Waals surface area contributed by atoms with Gasteiger partial charge in [-0.1, -0.05) is 25.5 Å². The highest BCUT2D eigenvalue weighted by atomic mass is 16.5. The lowest BCUT2D eigenvalue weighted by Crippen LogP contribution is -2.28. The van der Waals surface area contributed by atoms with Gasteiger partial charge >= 0.3 is 0 Å². The predicted octanol–water partition coefficient (Wildman–Crippen LogP) is 3.51. The summed E-state index contributed by atoms with van der Waals surface area (Å²) < 4.78 is 5.53. The van der Waals surface area contributed by atoms with Crippen LogP contribution in [0.15, 0.2) is 24.3 Å². The molecule has 0 fully saturated rings. The zero-order chi connectivity index (χ0) is 14.6. The van der Waals surface area contributed by atoms with Crippen LogP contribution in [-0.2, 0) is 11.2 Å². The molecule has 1 aromatic carbocycles. The Balaban J connectivity index is 2.00. The first-order valence-electron chi connectivity index (χ1n) is 7.81. The fourth-order valence-corrected chi connectivity index (χ4v) is 2.02. The third-order valence-electron chi connectivity index (χ3n) is 3.40. The number of nitrogens with one attached hydrogen (secondary N) is 1. The molecule has 0 bridgehead atoms. The van der Waals surface area contributed by atoms with Crippen molar-refractivity contribution >= 4 is 0 Å². The summed E-state index contributed by atoms with van der Waals surface area (Å²) in [5, 5.41) is 12.8. The van der Waals surface area contributed by atoms with Crippen LogP contribution < -0.4 is 5.32 Å². The average molecular weight is 279 g/mol. The SMILES string of the molecule is CCCCOCCCNC(C)CCc1ccc(O)cc1. The average Bonchev–Trinajstić information content (AvgIpc) is 2.46. The van der Waals surface area contributed by atoms with Crippen LogP contribution in [0.2, 0.25) is 0 Å². The van der Waals surface area contributed by atoms with E-state index in [1.165, 1.54) is 12.0 Å². The van der Waals surface area contributed by atoms with Crippen LogP contribution in [0, 0.1) is 0 Å². The zero-order valence-corrected chi connectivity index (χ0v) is 12.9. The summed E-state index contributed by atoms with van der Waals surface area (Å²) >= 11 is 0. The molecule has 0 radical (unpaired) electrons. The summed E-state index contributed by atoms with van der Waals surface area (Å²) in [4.78, 5) is 0. The largest absolute Gasteiger partial charge is 0.508 e. The van der Waals surface area contributed by atoms with Gasteiger partial charge in [-0.3, -0.25) is 0 Å². The van der Waals surface area contributed by atoms with E-state index in [0.717, 1.165) is 45.4 Å². The number of phenols is 1. The van der Waals surface area contributed by atoms with Crippen molar-refractivity contribution in [3.8, 4) is 5.75 Å². The first-order chi connectivity index (χ1) is 9.72. The lowest BCUT2D eigenvalue weighted by Gasteiger charge is -2.13. The summed E-state index contributed by atoms with van der Waals surface area (Å²) in [6, 6.07) is 7.99. The number of hydrogen-bond donors (Lipinski definition) is 2. The minimum absolute atomic E-state index is 0.336. The van der Waals surface area contributed by atoms with Gasteiger partial charge in [0.2, 0.25) is 0 Å². The molecule has 114 valence electrons. The fourth-order valence-electron chi connectivity index (χ4n) is 2.02. The molecular weight excluding hydrogens is 250 g/mol. The molecule has 3 nitrogen and oxygen atoms in total. The van der Waals surface area contributed by atoms with Crippen LogP contribution in [0.4, 0.5) is 0 Å². The number of hydrogen-bond acceptors (Lipinski definition) is 3. The van der Waals surface area contributed by atoms with Crippen molar-refractivity contribution in [2.24, 2.45) is 0 Å². The van der Waals surface area contributed by atoms with Crippen molar-refractivity contribution in [3.63, 3.8) is 0 Å². The Hall–Kier alpha value is -1.06. The second-order valence-corrected chi connectivity index (χ2v) is 5.38. The van der Waals surface area contributed by atoms with Crippen LogP contribution in [-0.4, -0.2) is 30.9 Å². The number of ether oxygens (including phenoxy) is 1. The van der Waals surface area contributed by atoms with E-state index < -0.39 is 0 Å². The molecule has 0 aliphatic carbocycles. The number of benzene rings is 1. The summed E-state index contributed by atoms with van der Waals surface area (Å²) in [7, 11) is 0. The van der Waals surface area contributed by atoms with Crippen LogP contribution in [0.3, 0.4) is 0 Å². The second-order valence-electron chi connectivity index (χ2n) is 5.38. The Labute approximate surface area is 123 Å². The Morgan fingerprint density at radius 1 is 1.15 bits per heavy atom. The highest BCUT2D eigenvalue weighted by molar-refractivity contribution is 5.25. The molecule has 2 N–H and O–H groups in total. The van der Waals surface area contributed by atoms with Gasteiger partial charge in [-0.2, -0.15) is 0 Å². The molecule has 1 aromatic rings. The molecule has 0 spiro atoms. The van der Waals surface area contributed by atoms with E-state index >= 15 is 0 Å². The minimum Gasteiger partial charge on any atom is -0.508 e. The van der Waals surface area contributed by atoms with Gasteiger partial charge in [0.25, 0.3) is 0 Å². The summed E-state index contributed by atoms with van der Waals surface area (Å²) in [5.74, 6) is 0.336. The van der Waals surface area contributed by atoms with E-state index in [1.54, 1.807) is 12.1 Å². The van der Waals surface area contributed by atoms with Gasteiger partial charge in [0.1, 0.15) is 5.75 Å². The van der Waals surface area contributed by atoms with Crippen LogP contribution in [0.25, 0.3) is 0 Å². The van der Waals surface area contributed by atoms with E-state index in [2.05, 4.69) is 19.2 Å². The molecule has 0 saturated heterocycles. The zero-order valence-electron chi connectivity index (χ0n) is 12.9. The monoisotopic (exact) mass is 279 g/mol. The van der Waals surface area contributed by atoms with Gasteiger partial charge in [0.05, 0.1) is 0 Å². The molecular formula is C17H29NO2. The van der Waals surface area contributed by atoms with Crippen molar-refractivity contribution in [1.29, 1.82) is 0 Å². The topological polar surface area (TPSA) is 41.5 Å². The predicted molar refractivity (Wildman–Crippen MR) is 84.2 cm³/mol. The molecule has 3 heteroatoms. The summed E-state index contributed by atoms with van der Waals surface area (Å²) in [6.45, 7) is 7.17. The van der Waals surface area contributed by atoms with Crippen molar-refractivity contribution < 1.29 is 9.84 Å². The number of aromatic hydroxyl groups is 1. The third kappa shape index (κ3) is 8.18. The molecule has 1 rings (SSSR count). The second kappa shape index (κ2) is 10.7. The summed E-state index contributed by atoms with van der Waals surface area (Å²) in [6.07, 6.45) is 5.60. The third-order valence-corrected chi connectivity index (χ3v) is 3.40. The fraction of sp³-hybridized carbons (Fsp3) is 0.647. The number of aryl methyl sites for hydroxylation is 1. The van der Waals surface area contributed by atoms with Crippen LogP contribution in [0.1, 0.15) is 45.1 Å². The van der Waals surface area contributed by atoms with Gasteiger partial charge in [-0.05, 0) is 56.8 Å². The maximum atomic E-state index is 9.23. The molecule has 0 aliphatic rings. The number of rotatable bonds is 11. The molecule has 1 atom stereocenters. The Morgan fingerprint density at radius 3 is 2.55 bits per heavy atom. The Kier molecular flexibility index (Phi) is 9.09.